The van der Waals surface area contributed by atoms with Gasteiger partial charge in [-0.2, -0.15) is 4.31 Å². The Kier molecular flexibility index (Phi) is 6.53. The number of hydrogen-bond donors (Lipinski definition) is 1. The number of methoxy groups -OCH3 is 1. The van der Waals surface area contributed by atoms with Crippen LogP contribution in [0.2, 0.25) is 0 Å². The molecule has 1 N–H and O–H groups in total. The molecule has 0 atom stereocenters. The minimum absolute atomic E-state index is 0. The number of rotatable bonds is 6. The normalized spacial score (nSPS) is 19.4. The third kappa shape index (κ3) is 4.55. The van der Waals surface area contributed by atoms with E-state index in [4.69, 9.17) is 4.42 Å². The summed E-state index contributed by atoms with van der Waals surface area (Å²) in [5.41, 5.74) is 0. The van der Waals surface area contributed by atoms with Crippen molar-refractivity contribution >= 4 is 28.4 Å². The Bertz CT molecular complexity index is 706. The summed E-state index contributed by atoms with van der Waals surface area (Å²) in [6.45, 7) is 3.54. The topological polar surface area (TPSA) is 88.9 Å². The Morgan fingerprint density at radius 3 is 2.52 bits per heavy atom. The van der Waals surface area contributed by atoms with Gasteiger partial charge in [0.1, 0.15) is 10.7 Å². The number of ether oxygens (including phenoxy) is 1. The SMILES string of the molecule is COC(=O)c1cc(S(=O)(=O)N2CCC(NCC3CC3)CC2)c(C)o1.Cl. The maximum absolute atomic E-state index is 12.8. The number of hydrogen-bond acceptors (Lipinski definition) is 6. The Morgan fingerprint density at radius 1 is 1.32 bits per heavy atom. The largest absolute Gasteiger partial charge is 0.463 e. The fourth-order valence-corrected chi connectivity index (χ4v) is 4.65. The van der Waals surface area contributed by atoms with Crippen molar-refractivity contribution in [2.75, 3.05) is 26.7 Å². The van der Waals surface area contributed by atoms with Crippen molar-refractivity contribution in [3.63, 3.8) is 0 Å². The van der Waals surface area contributed by atoms with Gasteiger partial charge in [-0.15, -0.1) is 12.4 Å². The van der Waals surface area contributed by atoms with Gasteiger partial charge in [0.25, 0.3) is 0 Å². The Morgan fingerprint density at radius 2 is 1.96 bits per heavy atom. The monoisotopic (exact) mass is 392 g/mol. The molecular formula is C16H25ClN2O5S. The first-order chi connectivity index (χ1) is 11.4. The van der Waals surface area contributed by atoms with Gasteiger partial charge in [0.05, 0.1) is 7.11 Å². The molecule has 0 bridgehead atoms. The fourth-order valence-electron chi connectivity index (χ4n) is 3.02. The number of carbonyl (C=O) groups excluding carboxylic acids is 1. The van der Waals surface area contributed by atoms with Crippen LogP contribution in [0.5, 0.6) is 0 Å². The van der Waals surface area contributed by atoms with Crippen LogP contribution in [0, 0.1) is 12.8 Å². The second-order valence-corrected chi connectivity index (χ2v) is 8.46. The van der Waals surface area contributed by atoms with Gasteiger partial charge >= 0.3 is 5.97 Å². The summed E-state index contributed by atoms with van der Waals surface area (Å²) in [5.74, 6) is 0.263. The lowest BCUT2D eigenvalue weighted by atomic mass is 10.1. The number of esters is 1. The number of aryl methyl sites for hydroxylation is 1. The van der Waals surface area contributed by atoms with Gasteiger partial charge in [0.2, 0.25) is 15.8 Å². The summed E-state index contributed by atoms with van der Waals surface area (Å²) in [6.07, 6.45) is 4.21. The van der Waals surface area contributed by atoms with Crippen molar-refractivity contribution in [1.29, 1.82) is 0 Å². The van der Waals surface area contributed by atoms with E-state index in [1.165, 1.54) is 30.3 Å². The molecule has 1 aliphatic heterocycles. The van der Waals surface area contributed by atoms with E-state index >= 15 is 0 Å². The van der Waals surface area contributed by atoms with Crippen molar-refractivity contribution in [3.8, 4) is 0 Å². The smallest absolute Gasteiger partial charge is 0.373 e. The van der Waals surface area contributed by atoms with Gasteiger partial charge in [-0.05, 0) is 45.1 Å². The third-order valence-corrected chi connectivity index (χ3v) is 6.73. The van der Waals surface area contributed by atoms with Gasteiger partial charge in [0.15, 0.2) is 0 Å². The zero-order chi connectivity index (χ0) is 17.3. The van der Waals surface area contributed by atoms with E-state index in [2.05, 4.69) is 10.1 Å². The quantitative estimate of drug-likeness (QED) is 0.744. The molecule has 1 saturated heterocycles. The number of nitrogens with zero attached hydrogens (tertiary/aromatic N) is 1. The van der Waals surface area contributed by atoms with Gasteiger partial charge in [-0.3, -0.25) is 0 Å². The van der Waals surface area contributed by atoms with Crippen LogP contribution in [0.3, 0.4) is 0 Å². The summed E-state index contributed by atoms with van der Waals surface area (Å²) in [6, 6.07) is 1.64. The van der Waals surface area contributed by atoms with E-state index < -0.39 is 16.0 Å². The van der Waals surface area contributed by atoms with Crippen LogP contribution in [0.1, 0.15) is 42.0 Å². The molecule has 3 rings (SSSR count). The van der Waals surface area contributed by atoms with E-state index in [0.29, 0.717) is 19.1 Å². The summed E-state index contributed by atoms with van der Waals surface area (Å²) in [5, 5.41) is 3.53. The molecule has 0 spiro atoms. The molecule has 1 aromatic heterocycles. The third-order valence-electron chi connectivity index (χ3n) is 4.72. The van der Waals surface area contributed by atoms with Crippen molar-refractivity contribution in [2.45, 2.75) is 43.5 Å². The number of sulfonamides is 1. The van der Waals surface area contributed by atoms with E-state index in [1.54, 1.807) is 6.92 Å². The maximum Gasteiger partial charge on any atom is 0.373 e. The van der Waals surface area contributed by atoms with E-state index in [0.717, 1.165) is 25.3 Å². The molecular weight excluding hydrogens is 368 g/mol. The molecule has 1 aromatic rings. The van der Waals surface area contributed by atoms with E-state index in [1.807, 2.05) is 0 Å². The molecule has 2 heterocycles. The lowest BCUT2D eigenvalue weighted by molar-refractivity contribution is 0.0563. The highest BCUT2D eigenvalue weighted by molar-refractivity contribution is 7.89. The number of halogens is 1. The molecule has 7 nitrogen and oxygen atoms in total. The highest BCUT2D eigenvalue weighted by Gasteiger charge is 2.33. The van der Waals surface area contributed by atoms with Crippen LogP contribution < -0.4 is 5.32 Å². The number of piperidine rings is 1. The van der Waals surface area contributed by atoms with Crippen LogP contribution >= 0.6 is 12.4 Å². The predicted molar refractivity (Wildman–Crippen MR) is 94.5 cm³/mol. The number of carbonyl (C=O) groups is 1. The molecule has 25 heavy (non-hydrogen) atoms. The van der Waals surface area contributed by atoms with Crippen molar-refractivity contribution in [3.05, 3.63) is 17.6 Å². The first kappa shape index (κ1) is 20.2. The maximum atomic E-state index is 12.8. The molecule has 1 saturated carbocycles. The van der Waals surface area contributed by atoms with Gasteiger partial charge in [0, 0.05) is 25.2 Å². The summed E-state index contributed by atoms with van der Waals surface area (Å²) >= 11 is 0. The molecule has 9 heteroatoms. The van der Waals surface area contributed by atoms with Crippen molar-refractivity contribution in [2.24, 2.45) is 5.92 Å². The summed E-state index contributed by atoms with van der Waals surface area (Å²) in [4.78, 5) is 11.6. The average Bonchev–Trinajstić information content (AvgIpc) is 3.32. The van der Waals surface area contributed by atoms with Crippen molar-refractivity contribution < 1.29 is 22.4 Å². The summed E-state index contributed by atoms with van der Waals surface area (Å²) < 4.78 is 36.9. The molecule has 2 aliphatic rings. The van der Waals surface area contributed by atoms with Crippen molar-refractivity contribution in [1.82, 2.24) is 9.62 Å². The molecule has 0 amide bonds. The van der Waals surface area contributed by atoms with Crippen LogP contribution in [0.15, 0.2) is 15.4 Å². The highest BCUT2D eigenvalue weighted by Crippen LogP contribution is 2.29. The number of nitrogens with one attached hydrogen (secondary N) is 1. The first-order valence-electron chi connectivity index (χ1n) is 8.34. The van der Waals surface area contributed by atoms with Crippen LogP contribution in [0.25, 0.3) is 0 Å². The Labute approximate surface area is 154 Å². The second-order valence-electron chi connectivity index (χ2n) is 6.55. The summed E-state index contributed by atoms with van der Waals surface area (Å²) in [7, 11) is -2.42. The Hall–Kier alpha value is -1.09. The minimum Gasteiger partial charge on any atom is -0.463 e. The van der Waals surface area contributed by atoms with Crippen LogP contribution in [-0.4, -0.2) is 51.5 Å². The van der Waals surface area contributed by atoms with E-state index in [-0.39, 0.29) is 28.8 Å². The molecule has 1 aliphatic carbocycles. The van der Waals surface area contributed by atoms with Crippen LogP contribution in [0.4, 0.5) is 0 Å². The first-order valence-corrected chi connectivity index (χ1v) is 9.78. The lowest BCUT2D eigenvalue weighted by Crippen LogP contribution is -2.45. The van der Waals surface area contributed by atoms with Gasteiger partial charge < -0.3 is 14.5 Å². The van der Waals surface area contributed by atoms with Gasteiger partial charge in [-0.1, -0.05) is 0 Å². The fraction of sp³-hybridized carbons (Fsp3) is 0.688. The second kappa shape index (κ2) is 8.07. The zero-order valence-corrected chi connectivity index (χ0v) is 16.1. The van der Waals surface area contributed by atoms with E-state index in [9.17, 15) is 13.2 Å². The molecule has 0 aromatic carbocycles. The molecule has 0 radical (unpaired) electrons. The molecule has 2 fully saturated rings. The highest BCUT2D eigenvalue weighted by atomic mass is 35.5. The Balaban J connectivity index is 0.00000225. The standard InChI is InChI=1S/C16H24N2O5S.ClH/c1-11-15(9-14(23-11)16(19)22-2)24(20,21)18-7-5-13(6-8-18)17-10-12-3-4-12;/h9,12-13,17H,3-8,10H2,1-2H3;1H. The minimum atomic E-state index is -3.65. The lowest BCUT2D eigenvalue weighted by Gasteiger charge is -2.31. The number of furan rings is 1. The molecule has 142 valence electrons. The predicted octanol–water partition coefficient (Wildman–Crippen LogP) is 1.95. The zero-order valence-electron chi connectivity index (χ0n) is 14.5. The average molecular weight is 393 g/mol. The van der Waals surface area contributed by atoms with Crippen LogP contribution in [-0.2, 0) is 14.8 Å². The molecule has 0 unspecified atom stereocenters. The van der Waals surface area contributed by atoms with Gasteiger partial charge in [-0.25, -0.2) is 13.2 Å².